The van der Waals surface area contributed by atoms with Gasteiger partial charge in [0.1, 0.15) is 12.4 Å². The van der Waals surface area contributed by atoms with Gasteiger partial charge in [-0.1, -0.05) is 15.9 Å². The topological polar surface area (TPSA) is 35.5 Å². The quantitative estimate of drug-likeness (QED) is 0.825. The average molecular weight is 273 g/mol. The van der Waals surface area contributed by atoms with Crippen LogP contribution in [-0.2, 0) is 16.0 Å². The van der Waals surface area contributed by atoms with Crippen molar-refractivity contribution in [2.75, 3.05) is 20.8 Å². The monoisotopic (exact) mass is 272 g/mol. The van der Waals surface area contributed by atoms with Crippen LogP contribution in [0.3, 0.4) is 0 Å². The van der Waals surface area contributed by atoms with E-state index >= 15 is 0 Å². The molecule has 0 aliphatic rings. The lowest BCUT2D eigenvalue weighted by molar-refractivity contribution is -0.122. The van der Waals surface area contributed by atoms with Crippen LogP contribution in [0, 0.1) is 0 Å². The molecule has 0 fully saturated rings. The lowest BCUT2D eigenvalue weighted by atomic mass is 10.1. The first-order valence-corrected chi connectivity index (χ1v) is 5.29. The van der Waals surface area contributed by atoms with Gasteiger partial charge in [0.15, 0.2) is 5.78 Å². The Bertz CT molecular complexity index is 350. The van der Waals surface area contributed by atoms with Gasteiger partial charge in [0, 0.05) is 23.6 Å². The summed E-state index contributed by atoms with van der Waals surface area (Å²) in [5.74, 6) is 0.761. The first-order chi connectivity index (χ1) is 7.17. The molecule has 0 radical (unpaired) electrons. The molecular weight excluding hydrogens is 260 g/mol. The Kier molecular flexibility index (Phi) is 4.78. The van der Waals surface area contributed by atoms with Crippen molar-refractivity contribution in [3.05, 3.63) is 28.2 Å². The summed E-state index contributed by atoms with van der Waals surface area (Å²) in [4.78, 5) is 11.4. The molecule has 0 saturated heterocycles. The number of benzene rings is 1. The molecule has 1 aromatic carbocycles. The highest BCUT2D eigenvalue weighted by Gasteiger charge is 2.08. The smallest absolute Gasteiger partial charge is 0.162 e. The first-order valence-electron chi connectivity index (χ1n) is 4.50. The molecule has 0 atom stereocenters. The van der Waals surface area contributed by atoms with E-state index in [-0.39, 0.29) is 12.4 Å². The van der Waals surface area contributed by atoms with Gasteiger partial charge in [-0.05, 0) is 18.2 Å². The molecule has 0 amide bonds. The highest BCUT2D eigenvalue weighted by molar-refractivity contribution is 9.10. The Balaban J connectivity index is 2.82. The molecule has 1 aromatic rings. The van der Waals surface area contributed by atoms with Crippen molar-refractivity contribution in [3.63, 3.8) is 0 Å². The summed E-state index contributed by atoms with van der Waals surface area (Å²) in [6, 6.07) is 5.59. The van der Waals surface area contributed by atoms with Crippen LogP contribution in [0.15, 0.2) is 22.7 Å². The Labute approximate surface area is 97.5 Å². The minimum Gasteiger partial charge on any atom is -0.496 e. The summed E-state index contributed by atoms with van der Waals surface area (Å²) in [5.41, 5.74) is 0.869. The van der Waals surface area contributed by atoms with Gasteiger partial charge in [0.05, 0.1) is 7.11 Å². The molecule has 3 nitrogen and oxygen atoms in total. The molecule has 4 heteroatoms. The summed E-state index contributed by atoms with van der Waals surface area (Å²) in [5, 5.41) is 0. The largest absolute Gasteiger partial charge is 0.496 e. The second kappa shape index (κ2) is 5.88. The van der Waals surface area contributed by atoms with Crippen LogP contribution >= 0.6 is 15.9 Å². The number of ketones is 1. The van der Waals surface area contributed by atoms with Crippen LogP contribution in [0.1, 0.15) is 5.56 Å². The Morgan fingerprint density at radius 3 is 2.73 bits per heavy atom. The number of carbonyl (C=O) groups excluding carboxylic acids is 1. The molecule has 1 rings (SSSR count). The van der Waals surface area contributed by atoms with E-state index < -0.39 is 0 Å². The van der Waals surface area contributed by atoms with E-state index in [0.29, 0.717) is 6.42 Å². The number of rotatable bonds is 5. The van der Waals surface area contributed by atoms with Crippen molar-refractivity contribution in [3.8, 4) is 5.75 Å². The van der Waals surface area contributed by atoms with Crippen molar-refractivity contribution in [1.82, 2.24) is 0 Å². The molecule has 0 aliphatic heterocycles. The second-order valence-electron chi connectivity index (χ2n) is 3.10. The van der Waals surface area contributed by atoms with Crippen molar-refractivity contribution in [2.45, 2.75) is 6.42 Å². The van der Waals surface area contributed by atoms with Crippen LogP contribution in [-0.4, -0.2) is 26.6 Å². The predicted octanol–water partition coefficient (Wildman–Crippen LogP) is 2.22. The number of methoxy groups -OCH3 is 2. The summed E-state index contributed by atoms with van der Waals surface area (Å²) in [6.07, 6.45) is 0.330. The maximum atomic E-state index is 11.4. The zero-order chi connectivity index (χ0) is 11.3. The zero-order valence-electron chi connectivity index (χ0n) is 8.75. The van der Waals surface area contributed by atoms with Gasteiger partial charge in [-0.2, -0.15) is 0 Å². The predicted molar refractivity (Wildman–Crippen MR) is 61.3 cm³/mol. The molecule has 0 saturated carbocycles. The van der Waals surface area contributed by atoms with Crippen LogP contribution in [0.2, 0.25) is 0 Å². The third-order valence-electron chi connectivity index (χ3n) is 1.94. The highest BCUT2D eigenvalue weighted by atomic mass is 79.9. The van der Waals surface area contributed by atoms with E-state index in [1.54, 1.807) is 7.11 Å². The van der Waals surface area contributed by atoms with Gasteiger partial charge >= 0.3 is 0 Å². The average Bonchev–Trinajstić information content (AvgIpc) is 2.18. The van der Waals surface area contributed by atoms with Crippen LogP contribution in [0.4, 0.5) is 0 Å². The van der Waals surface area contributed by atoms with E-state index in [0.717, 1.165) is 15.8 Å². The second-order valence-corrected chi connectivity index (χ2v) is 4.02. The minimum atomic E-state index is 0.0360. The van der Waals surface area contributed by atoms with E-state index in [2.05, 4.69) is 15.9 Å². The maximum Gasteiger partial charge on any atom is 0.162 e. The number of ether oxygens (including phenoxy) is 2. The van der Waals surface area contributed by atoms with E-state index in [4.69, 9.17) is 9.47 Å². The number of Topliss-reactive ketones (excluding diaryl/α,β-unsaturated/α-hetero) is 1. The van der Waals surface area contributed by atoms with Gasteiger partial charge in [-0.15, -0.1) is 0 Å². The molecular formula is C11H13BrO3. The Morgan fingerprint density at radius 2 is 2.13 bits per heavy atom. The molecule has 0 aromatic heterocycles. The lowest BCUT2D eigenvalue weighted by Crippen LogP contribution is -2.10. The highest BCUT2D eigenvalue weighted by Crippen LogP contribution is 2.23. The molecule has 82 valence electrons. The number of carbonyl (C=O) groups is 1. The summed E-state index contributed by atoms with van der Waals surface area (Å²) >= 11 is 3.36. The third kappa shape index (κ3) is 3.64. The van der Waals surface area contributed by atoms with Gasteiger partial charge in [-0.3, -0.25) is 4.79 Å². The SMILES string of the molecule is COCC(=O)Cc1cc(Br)ccc1OC. The lowest BCUT2D eigenvalue weighted by Gasteiger charge is -2.07. The minimum absolute atomic E-state index is 0.0360. The first kappa shape index (κ1) is 12.2. The van der Waals surface area contributed by atoms with Crippen molar-refractivity contribution >= 4 is 21.7 Å². The third-order valence-corrected chi connectivity index (χ3v) is 2.43. The fourth-order valence-electron chi connectivity index (χ4n) is 1.31. The normalized spacial score (nSPS) is 10.1. The number of halogens is 1. The molecule has 0 unspecified atom stereocenters. The fourth-order valence-corrected chi connectivity index (χ4v) is 1.72. The molecule has 0 aliphatic carbocycles. The van der Waals surface area contributed by atoms with Gasteiger partial charge in [-0.25, -0.2) is 0 Å². The standard InChI is InChI=1S/C11H13BrO3/c1-14-7-10(13)6-8-5-9(12)3-4-11(8)15-2/h3-5H,6-7H2,1-2H3. The zero-order valence-corrected chi connectivity index (χ0v) is 10.3. The van der Waals surface area contributed by atoms with Gasteiger partial charge in [0.25, 0.3) is 0 Å². The van der Waals surface area contributed by atoms with E-state index in [1.807, 2.05) is 18.2 Å². The molecule has 0 bridgehead atoms. The van der Waals surface area contributed by atoms with Gasteiger partial charge in [0.2, 0.25) is 0 Å². The molecule has 0 heterocycles. The van der Waals surface area contributed by atoms with Crippen LogP contribution in [0.25, 0.3) is 0 Å². The van der Waals surface area contributed by atoms with E-state index in [1.165, 1.54) is 7.11 Å². The van der Waals surface area contributed by atoms with Crippen LogP contribution in [0.5, 0.6) is 5.75 Å². The Hall–Kier alpha value is -0.870. The summed E-state index contributed by atoms with van der Waals surface area (Å²) in [7, 11) is 3.10. The van der Waals surface area contributed by atoms with Crippen molar-refractivity contribution in [1.29, 1.82) is 0 Å². The molecule has 15 heavy (non-hydrogen) atoms. The number of hydrogen-bond acceptors (Lipinski definition) is 3. The maximum absolute atomic E-state index is 11.4. The van der Waals surface area contributed by atoms with Crippen molar-refractivity contribution in [2.24, 2.45) is 0 Å². The summed E-state index contributed by atoms with van der Waals surface area (Å²) in [6.45, 7) is 0.135. The molecule has 0 spiro atoms. The van der Waals surface area contributed by atoms with Crippen LogP contribution < -0.4 is 4.74 Å². The molecule has 0 N–H and O–H groups in total. The van der Waals surface area contributed by atoms with E-state index in [9.17, 15) is 4.79 Å². The number of hydrogen-bond donors (Lipinski definition) is 0. The Morgan fingerprint density at radius 1 is 1.40 bits per heavy atom. The van der Waals surface area contributed by atoms with Gasteiger partial charge < -0.3 is 9.47 Å². The summed E-state index contributed by atoms with van der Waals surface area (Å²) < 4.78 is 10.9. The van der Waals surface area contributed by atoms with Crippen molar-refractivity contribution < 1.29 is 14.3 Å². The fraction of sp³-hybridized carbons (Fsp3) is 0.364.